The third kappa shape index (κ3) is 3.36. The highest BCUT2D eigenvalue weighted by atomic mass is 16.5. The molecule has 22 heavy (non-hydrogen) atoms. The van der Waals surface area contributed by atoms with Crippen LogP contribution in [0, 0.1) is 19.8 Å². The Hall–Kier alpha value is -1.72. The van der Waals surface area contributed by atoms with E-state index in [0.29, 0.717) is 5.92 Å². The Morgan fingerprint density at radius 1 is 1.36 bits per heavy atom. The van der Waals surface area contributed by atoms with Crippen molar-refractivity contribution in [2.75, 3.05) is 13.2 Å². The highest BCUT2D eigenvalue weighted by molar-refractivity contribution is 5.24. The van der Waals surface area contributed by atoms with Crippen LogP contribution in [0.1, 0.15) is 34.9 Å². The summed E-state index contributed by atoms with van der Waals surface area (Å²) in [7, 11) is 1.94. The van der Waals surface area contributed by atoms with Crippen LogP contribution in [-0.2, 0) is 18.3 Å². The standard InChI is InChI=1S/C17H24N4O/c1-12-6-13(2)19-9-15(12)8-18-7-14-4-5-22-17(14)16-10-20-21(3)11-16/h6,9-11,14,17-18H,4-5,7-8H2,1-3H3/t14-,17+/m1/s1. The molecule has 2 atom stereocenters. The van der Waals surface area contributed by atoms with Crippen molar-refractivity contribution < 1.29 is 4.74 Å². The Labute approximate surface area is 131 Å². The van der Waals surface area contributed by atoms with E-state index >= 15 is 0 Å². The number of nitrogens with one attached hydrogen (secondary N) is 1. The van der Waals surface area contributed by atoms with Crippen LogP contribution in [0.25, 0.3) is 0 Å². The van der Waals surface area contributed by atoms with Gasteiger partial charge >= 0.3 is 0 Å². The topological polar surface area (TPSA) is 52.0 Å². The first-order valence-corrected chi connectivity index (χ1v) is 7.86. The zero-order chi connectivity index (χ0) is 15.5. The molecule has 1 fully saturated rings. The Bertz CT molecular complexity index is 637. The molecule has 0 aromatic carbocycles. The van der Waals surface area contributed by atoms with Crippen molar-refractivity contribution in [3.63, 3.8) is 0 Å². The van der Waals surface area contributed by atoms with E-state index in [1.165, 1.54) is 16.7 Å². The Balaban J connectivity index is 1.56. The molecule has 0 bridgehead atoms. The summed E-state index contributed by atoms with van der Waals surface area (Å²) in [6.07, 6.45) is 7.20. The van der Waals surface area contributed by atoms with Crippen molar-refractivity contribution in [3.05, 3.63) is 47.0 Å². The minimum Gasteiger partial charge on any atom is -0.373 e. The van der Waals surface area contributed by atoms with E-state index in [-0.39, 0.29) is 6.10 Å². The maximum atomic E-state index is 5.90. The molecule has 1 saturated heterocycles. The van der Waals surface area contributed by atoms with Gasteiger partial charge in [-0.05, 0) is 37.5 Å². The van der Waals surface area contributed by atoms with Gasteiger partial charge in [0.25, 0.3) is 0 Å². The summed E-state index contributed by atoms with van der Waals surface area (Å²) in [5.41, 5.74) is 4.82. The van der Waals surface area contributed by atoms with E-state index in [4.69, 9.17) is 4.74 Å². The molecule has 0 unspecified atom stereocenters. The second-order valence-electron chi connectivity index (χ2n) is 6.17. The third-order valence-electron chi connectivity index (χ3n) is 4.35. The van der Waals surface area contributed by atoms with Gasteiger partial charge in [0.15, 0.2) is 0 Å². The van der Waals surface area contributed by atoms with Crippen LogP contribution < -0.4 is 5.32 Å². The summed E-state index contributed by atoms with van der Waals surface area (Å²) in [5, 5.41) is 7.81. The first-order valence-electron chi connectivity index (χ1n) is 7.86. The van der Waals surface area contributed by atoms with Crippen LogP contribution in [0.2, 0.25) is 0 Å². The molecule has 5 heteroatoms. The molecule has 118 valence electrons. The molecule has 1 aliphatic rings. The number of hydrogen-bond donors (Lipinski definition) is 1. The van der Waals surface area contributed by atoms with E-state index in [9.17, 15) is 0 Å². The van der Waals surface area contributed by atoms with Gasteiger partial charge in [0.2, 0.25) is 0 Å². The van der Waals surface area contributed by atoms with Crippen LogP contribution in [0.4, 0.5) is 0 Å². The number of hydrogen-bond acceptors (Lipinski definition) is 4. The molecule has 2 aromatic rings. The molecule has 0 spiro atoms. The van der Waals surface area contributed by atoms with Crippen molar-refractivity contribution in [1.82, 2.24) is 20.1 Å². The van der Waals surface area contributed by atoms with E-state index in [2.05, 4.69) is 34.6 Å². The van der Waals surface area contributed by atoms with Crippen molar-refractivity contribution in [3.8, 4) is 0 Å². The van der Waals surface area contributed by atoms with Gasteiger partial charge in [-0.1, -0.05) is 0 Å². The summed E-state index contributed by atoms with van der Waals surface area (Å²) >= 11 is 0. The molecule has 1 aliphatic heterocycles. The average Bonchev–Trinajstić information content (AvgIpc) is 3.10. The molecule has 3 heterocycles. The number of nitrogens with zero attached hydrogens (tertiary/aromatic N) is 3. The monoisotopic (exact) mass is 300 g/mol. The number of ether oxygens (including phenoxy) is 1. The molecular formula is C17H24N4O. The minimum absolute atomic E-state index is 0.165. The highest BCUT2D eigenvalue weighted by Crippen LogP contribution is 2.33. The second-order valence-corrected chi connectivity index (χ2v) is 6.17. The van der Waals surface area contributed by atoms with Gasteiger partial charge in [-0.25, -0.2) is 0 Å². The number of aromatic nitrogens is 3. The SMILES string of the molecule is Cc1cc(C)c(CNC[C@H]2CCO[C@@H]2c2cnn(C)c2)cn1. The molecule has 0 aliphatic carbocycles. The maximum Gasteiger partial charge on any atom is 0.0896 e. The van der Waals surface area contributed by atoms with Gasteiger partial charge in [-0.15, -0.1) is 0 Å². The summed E-state index contributed by atoms with van der Waals surface area (Å²) in [6, 6.07) is 2.13. The molecule has 0 amide bonds. The first-order chi connectivity index (χ1) is 10.6. The van der Waals surface area contributed by atoms with Gasteiger partial charge in [-0.3, -0.25) is 9.67 Å². The van der Waals surface area contributed by atoms with E-state index in [0.717, 1.165) is 31.8 Å². The van der Waals surface area contributed by atoms with Crippen molar-refractivity contribution >= 4 is 0 Å². The minimum atomic E-state index is 0.165. The number of rotatable bonds is 5. The van der Waals surface area contributed by atoms with E-state index in [1.54, 1.807) is 0 Å². The summed E-state index contributed by atoms with van der Waals surface area (Å²) < 4.78 is 7.74. The summed E-state index contributed by atoms with van der Waals surface area (Å²) in [6.45, 7) is 6.81. The zero-order valence-electron chi connectivity index (χ0n) is 13.5. The van der Waals surface area contributed by atoms with Gasteiger partial charge in [-0.2, -0.15) is 5.10 Å². The summed E-state index contributed by atoms with van der Waals surface area (Å²) in [4.78, 5) is 4.38. The Kier molecular flexibility index (Phi) is 4.55. The molecular weight excluding hydrogens is 276 g/mol. The molecule has 0 saturated carbocycles. The van der Waals surface area contributed by atoms with Crippen LogP contribution in [0.15, 0.2) is 24.7 Å². The van der Waals surface area contributed by atoms with Crippen molar-refractivity contribution in [2.45, 2.75) is 32.9 Å². The maximum absolute atomic E-state index is 5.90. The summed E-state index contributed by atoms with van der Waals surface area (Å²) in [5.74, 6) is 0.503. The largest absolute Gasteiger partial charge is 0.373 e. The van der Waals surface area contributed by atoms with Crippen LogP contribution in [0.5, 0.6) is 0 Å². The first kappa shape index (κ1) is 15.2. The van der Waals surface area contributed by atoms with Crippen LogP contribution in [-0.4, -0.2) is 27.9 Å². The lowest BCUT2D eigenvalue weighted by atomic mass is 9.97. The molecule has 0 radical (unpaired) electrons. The smallest absolute Gasteiger partial charge is 0.0896 e. The molecule has 1 N–H and O–H groups in total. The fourth-order valence-electron chi connectivity index (χ4n) is 3.10. The van der Waals surface area contributed by atoms with Gasteiger partial charge in [0.1, 0.15) is 0 Å². The van der Waals surface area contributed by atoms with Crippen LogP contribution in [0.3, 0.4) is 0 Å². The van der Waals surface area contributed by atoms with Gasteiger partial charge in [0.05, 0.1) is 12.3 Å². The van der Waals surface area contributed by atoms with Crippen LogP contribution >= 0.6 is 0 Å². The quantitative estimate of drug-likeness (QED) is 0.920. The third-order valence-corrected chi connectivity index (χ3v) is 4.35. The van der Waals surface area contributed by atoms with E-state index < -0.39 is 0 Å². The predicted molar refractivity (Wildman–Crippen MR) is 85.4 cm³/mol. The fraction of sp³-hybridized carbons (Fsp3) is 0.529. The Morgan fingerprint density at radius 3 is 2.95 bits per heavy atom. The normalized spacial score (nSPS) is 21.4. The number of pyridine rings is 1. The van der Waals surface area contributed by atoms with Crippen molar-refractivity contribution in [1.29, 1.82) is 0 Å². The fourth-order valence-corrected chi connectivity index (χ4v) is 3.10. The lowest BCUT2D eigenvalue weighted by Crippen LogP contribution is -2.25. The molecule has 2 aromatic heterocycles. The van der Waals surface area contributed by atoms with Crippen molar-refractivity contribution in [2.24, 2.45) is 13.0 Å². The number of aryl methyl sites for hydroxylation is 3. The zero-order valence-corrected chi connectivity index (χ0v) is 13.5. The second kappa shape index (κ2) is 6.58. The Morgan fingerprint density at radius 2 is 2.23 bits per heavy atom. The lowest BCUT2D eigenvalue weighted by Gasteiger charge is -2.18. The highest BCUT2D eigenvalue weighted by Gasteiger charge is 2.30. The average molecular weight is 300 g/mol. The lowest BCUT2D eigenvalue weighted by molar-refractivity contribution is 0.0904. The van der Waals surface area contributed by atoms with Gasteiger partial charge in [0, 0.05) is 56.3 Å². The molecule has 3 rings (SSSR count). The van der Waals surface area contributed by atoms with Gasteiger partial charge < -0.3 is 10.1 Å². The predicted octanol–water partition coefficient (Wildman–Crippen LogP) is 2.30. The van der Waals surface area contributed by atoms with E-state index in [1.807, 2.05) is 31.0 Å². The molecule has 5 nitrogen and oxygen atoms in total.